The molecule has 6 atom stereocenters. The normalized spacial score (nSPS) is 16.9. The van der Waals surface area contributed by atoms with Crippen molar-refractivity contribution in [3.8, 4) is 0 Å². The lowest BCUT2D eigenvalue weighted by Gasteiger charge is -2.29. The maximum absolute atomic E-state index is 13.8. The molecule has 1 fully saturated rings. The number of nitrogens with two attached hydrogens (primary N) is 2. The number of amides is 7. The molecule has 3 aromatic rings. The van der Waals surface area contributed by atoms with Crippen molar-refractivity contribution in [2.75, 3.05) is 26.2 Å². The summed E-state index contributed by atoms with van der Waals surface area (Å²) in [5, 5.41) is 48.4. The fraction of sp³-hybridized carbons (Fsp3) is 0.537. The van der Waals surface area contributed by atoms with E-state index in [9.17, 15) is 53.4 Å². The second-order valence-corrected chi connectivity index (χ2v) is 19.9. The zero-order chi connectivity index (χ0) is 55.7. The number of hydrogen-bond donors (Lipinski definition) is 12. The fourth-order valence-electron chi connectivity index (χ4n) is 8.94. The number of carbonyl (C=O) groups is 9. The molecule has 21 nitrogen and oxygen atoms in total. The van der Waals surface area contributed by atoms with Crippen molar-refractivity contribution < 1.29 is 59.9 Å². The molecule has 0 spiro atoms. The molecule has 3 aromatic carbocycles. The molecule has 4 rings (SSSR count). The van der Waals surface area contributed by atoms with Gasteiger partial charge in [0.2, 0.25) is 29.5 Å². The second-order valence-electron chi connectivity index (χ2n) is 19.9. The first-order valence-electron chi connectivity index (χ1n) is 26.4. The lowest BCUT2D eigenvalue weighted by Crippen LogP contribution is -2.51. The number of nitrogens with one attached hydrogen (secondary N) is 7. The maximum atomic E-state index is 13.8. The van der Waals surface area contributed by atoms with Crippen molar-refractivity contribution in [1.82, 2.24) is 37.2 Å². The molecule has 21 heteroatoms. The molecular formula is C54H77N9O12. The number of benzene rings is 3. The van der Waals surface area contributed by atoms with Gasteiger partial charge in [-0.15, -0.1) is 0 Å². The number of fused-ring (bicyclic) bond motifs is 1. The van der Waals surface area contributed by atoms with Crippen LogP contribution in [0, 0.1) is 17.8 Å². The molecule has 1 aliphatic carbocycles. The third-order valence-corrected chi connectivity index (χ3v) is 13.4. The quantitative estimate of drug-likeness (QED) is 0.0400. The van der Waals surface area contributed by atoms with E-state index in [0.29, 0.717) is 44.6 Å². The van der Waals surface area contributed by atoms with Crippen LogP contribution in [0.2, 0.25) is 1.41 Å². The minimum atomic E-state index is -1.54. The summed E-state index contributed by atoms with van der Waals surface area (Å²) >= 11 is 0. The zero-order valence-electron chi connectivity index (χ0n) is 44.2. The molecule has 7 amide bonds. The highest BCUT2D eigenvalue weighted by molar-refractivity contribution is 5.91. The summed E-state index contributed by atoms with van der Waals surface area (Å²) in [5.74, 6) is -6.39. The minimum Gasteiger partial charge on any atom is -0.481 e. The van der Waals surface area contributed by atoms with Crippen LogP contribution >= 0.6 is 0 Å². The van der Waals surface area contributed by atoms with Crippen LogP contribution in [0.25, 0.3) is 10.8 Å². The van der Waals surface area contributed by atoms with E-state index in [0.717, 1.165) is 28.3 Å². The van der Waals surface area contributed by atoms with Crippen LogP contribution in [-0.2, 0) is 51.2 Å². The molecule has 1 saturated carbocycles. The van der Waals surface area contributed by atoms with Crippen molar-refractivity contribution in [2.24, 2.45) is 29.2 Å². The molecule has 0 saturated heterocycles. The highest BCUT2D eigenvalue weighted by atomic mass is 16.4. The Bertz CT molecular complexity index is 2440. The average Bonchev–Trinajstić information content (AvgIpc) is 3.39. The first-order valence-corrected chi connectivity index (χ1v) is 25.9. The van der Waals surface area contributed by atoms with Gasteiger partial charge in [0, 0.05) is 38.4 Å². The van der Waals surface area contributed by atoms with E-state index in [1.165, 1.54) is 5.56 Å². The van der Waals surface area contributed by atoms with Crippen LogP contribution in [-0.4, -0.2) is 125 Å². The van der Waals surface area contributed by atoms with Gasteiger partial charge in [0.15, 0.2) is 0 Å². The Kier molecular flexibility index (Phi) is 24.2. The molecule has 6 unspecified atom stereocenters. The summed E-state index contributed by atoms with van der Waals surface area (Å²) in [7, 11) is 0. The monoisotopic (exact) mass is 1040 g/mol. The average molecular weight is 1050 g/mol. The Hall–Kier alpha value is -7.13. The predicted octanol–water partition coefficient (Wildman–Crippen LogP) is 2.82. The van der Waals surface area contributed by atoms with Gasteiger partial charge in [0.05, 0.1) is 12.0 Å². The molecule has 410 valence electrons. The Balaban J connectivity index is 1.24. The maximum Gasteiger partial charge on any atom is 0.326 e. The zero-order valence-corrected chi connectivity index (χ0v) is 43.2. The smallest absolute Gasteiger partial charge is 0.326 e. The van der Waals surface area contributed by atoms with Gasteiger partial charge in [0.25, 0.3) is 0 Å². The van der Waals surface area contributed by atoms with Gasteiger partial charge >= 0.3 is 23.9 Å². The molecular weight excluding hydrogens is 967 g/mol. The highest BCUT2D eigenvalue weighted by Gasteiger charge is 2.31. The van der Waals surface area contributed by atoms with E-state index >= 15 is 0 Å². The number of carboxylic acid groups (broad SMARTS) is 3. The third-order valence-electron chi connectivity index (χ3n) is 13.4. The van der Waals surface area contributed by atoms with Crippen LogP contribution in [0.15, 0.2) is 66.7 Å². The Labute approximate surface area is 439 Å². The SMILES string of the molecule is [2H]NC(CCNC(=O)C(CCN)NC(=O)C(C)c1ccc(CC(C)C)cc1)C(=O)NCC1CCC(C(=O)NC(Cc2ccc3ccccc3c2)C(=O)NCCCCC(NC(=O)NC(CCC(=O)O)C(=O)O)C(=O)O)CC1. The van der Waals surface area contributed by atoms with Crippen molar-refractivity contribution in [1.29, 1.82) is 0 Å². The molecule has 1 aliphatic rings. The van der Waals surface area contributed by atoms with Crippen LogP contribution in [0.3, 0.4) is 0 Å². The van der Waals surface area contributed by atoms with Crippen molar-refractivity contribution in [3.05, 3.63) is 83.4 Å². The number of hydrogen-bond acceptors (Lipinski definition) is 11. The van der Waals surface area contributed by atoms with Crippen molar-refractivity contribution in [3.63, 3.8) is 0 Å². The summed E-state index contributed by atoms with van der Waals surface area (Å²) in [5.41, 5.74) is 10.9. The van der Waals surface area contributed by atoms with Crippen LogP contribution in [0.5, 0.6) is 0 Å². The van der Waals surface area contributed by atoms with Gasteiger partial charge in [-0.1, -0.05) is 80.6 Å². The third kappa shape index (κ3) is 21.0. The van der Waals surface area contributed by atoms with E-state index in [1.54, 1.807) is 6.92 Å². The summed E-state index contributed by atoms with van der Waals surface area (Å²) in [6.45, 7) is 6.69. The van der Waals surface area contributed by atoms with Gasteiger partial charge < -0.3 is 64.0 Å². The number of unbranched alkanes of at least 4 members (excludes halogenated alkanes) is 1. The largest absolute Gasteiger partial charge is 0.481 e. The Morgan fingerprint density at radius 2 is 1.24 bits per heavy atom. The summed E-state index contributed by atoms with van der Waals surface area (Å²) in [6, 6.07) is 14.6. The first-order chi connectivity index (χ1) is 36.3. The topological polar surface area (TPSA) is 351 Å². The molecule has 14 N–H and O–H groups in total. The van der Waals surface area contributed by atoms with E-state index in [1.807, 2.05) is 66.7 Å². The fourth-order valence-corrected chi connectivity index (χ4v) is 8.94. The molecule has 0 radical (unpaired) electrons. The molecule has 0 aromatic heterocycles. The highest BCUT2D eigenvalue weighted by Crippen LogP contribution is 2.29. The van der Waals surface area contributed by atoms with E-state index < -0.39 is 96.5 Å². The van der Waals surface area contributed by atoms with Crippen molar-refractivity contribution in [2.45, 2.75) is 140 Å². The minimum absolute atomic E-state index is 0.0487. The predicted molar refractivity (Wildman–Crippen MR) is 281 cm³/mol. The summed E-state index contributed by atoms with van der Waals surface area (Å²) in [4.78, 5) is 114. The van der Waals surface area contributed by atoms with E-state index in [-0.39, 0.29) is 69.5 Å². The van der Waals surface area contributed by atoms with Crippen molar-refractivity contribution >= 4 is 64.2 Å². The number of carbonyl (C=O) groups excluding carboxylic acids is 6. The lowest BCUT2D eigenvalue weighted by atomic mass is 9.81. The number of urea groups is 1. The second kappa shape index (κ2) is 30.9. The van der Waals surface area contributed by atoms with Gasteiger partial charge in [-0.25, -0.2) is 14.4 Å². The van der Waals surface area contributed by atoms with Gasteiger partial charge in [-0.2, -0.15) is 0 Å². The summed E-state index contributed by atoms with van der Waals surface area (Å²) < 4.78 is 7.80. The van der Waals surface area contributed by atoms with Crippen LogP contribution in [0.1, 0.15) is 114 Å². The Morgan fingerprint density at radius 3 is 1.87 bits per heavy atom. The van der Waals surface area contributed by atoms with Crippen LogP contribution < -0.4 is 48.7 Å². The lowest BCUT2D eigenvalue weighted by molar-refractivity contribution is -0.141. The number of aliphatic carboxylic acids is 3. The van der Waals surface area contributed by atoms with Gasteiger partial charge in [0.1, 0.15) is 25.6 Å². The number of rotatable bonds is 32. The standard InChI is InChI=1S/C54H77N9O12/c1-32(2)28-34-11-16-37(17-12-34)33(3)47(66)60-42(23-25-55)50(69)58-27-24-41(56)49(68)59-31-35-13-19-39(20-14-35)48(67)61-45(30-36-15-18-38-8-4-5-9-40(38)29-36)51(70)57-26-7-6-10-43(52(71)72)62-54(75)63-44(53(73)74)21-22-46(64)65/h4-5,8-9,11-12,15-18,29,32-33,35,39,41-45H,6-7,10,13-14,19-28,30-31,55-56H2,1-3H3,(H,57,70)(H,58,69)(H,59,68)(H,60,66)(H,61,67)(H,64,65)(H,71,72)(H,73,74)(H2,62,63,75)/i/hD. The molecule has 0 aliphatic heterocycles. The molecule has 75 heavy (non-hydrogen) atoms. The van der Waals surface area contributed by atoms with E-state index in [2.05, 4.69) is 56.8 Å². The Morgan fingerprint density at radius 1 is 0.613 bits per heavy atom. The van der Waals surface area contributed by atoms with E-state index in [4.69, 9.17) is 12.3 Å². The van der Waals surface area contributed by atoms with Gasteiger partial charge in [-0.3, -0.25) is 28.8 Å². The molecule has 0 bridgehead atoms. The molecule has 0 heterocycles. The first kappa shape index (κ1) is 58.8. The van der Waals surface area contributed by atoms with Crippen LogP contribution in [0.4, 0.5) is 4.79 Å². The number of carboxylic acids is 3. The van der Waals surface area contributed by atoms with Gasteiger partial charge in [-0.05, 0) is 123 Å². The summed E-state index contributed by atoms with van der Waals surface area (Å²) in [6.07, 6.45) is 3.19.